The Morgan fingerprint density at radius 2 is 1.84 bits per heavy atom. The molecule has 0 saturated carbocycles. The maximum Gasteiger partial charge on any atom is 0.330 e. The van der Waals surface area contributed by atoms with E-state index in [1.165, 1.54) is 18.4 Å². The van der Waals surface area contributed by atoms with Crippen molar-refractivity contribution in [2.45, 2.75) is 25.9 Å². The second kappa shape index (κ2) is 11.4. The van der Waals surface area contributed by atoms with Gasteiger partial charge in [-0.2, -0.15) is 0 Å². The molecule has 0 unspecified atom stereocenters. The van der Waals surface area contributed by atoms with Crippen molar-refractivity contribution < 1.29 is 28.7 Å². The van der Waals surface area contributed by atoms with Crippen LogP contribution < -0.4 is 21.3 Å². The minimum Gasteiger partial charge on any atom is -0.467 e. The number of esters is 1. The Kier molecular flexibility index (Phi) is 7.99. The van der Waals surface area contributed by atoms with E-state index in [0.29, 0.717) is 15.3 Å². The van der Waals surface area contributed by atoms with E-state index in [-0.39, 0.29) is 42.1 Å². The van der Waals surface area contributed by atoms with E-state index in [0.717, 1.165) is 28.2 Å². The Morgan fingerprint density at radius 1 is 1.05 bits per heavy atom. The molecule has 3 heterocycles. The number of hydrogen-bond donors (Lipinski definition) is 4. The van der Waals surface area contributed by atoms with Gasteiger partial charge in [0.05, 0.1) is 28.2 Å². The van der Waals surface area contributed by atoms with E-state index >= 15 is 0 Å². The zero-order valence-corrected chi connectivity index (χ0v) is 21.6. The van der Waals surface area contributed by atoms with Gasteiger partial charge in [-0.05, 0) is 47.2 Å². The molecule has 4 rings (SSSR count). The molecule has 1 aliphatic rings. The molecule has 0 bridgehead atoms. The number of hydrogen-bond acceptors (Lipinski definition) is 8. The molecule has 10 nitrogen and oxygen atoms in total. The van der Waals surface area contributed by atoms with Gasteiger partial charge in [0.1, 0.15) is 6.04 Å². The van der Waals surface area contributed by atoms with Crippen molar-refractivity contribution >= 4 is 58.0 Å². The van der Waals surface area contributed by atoms with Gasteiger partial charge >= 0.3 is 5.97 Å². The topological polar surface area (TPSA) is 143 Å². The molecule has 0 aliphatic carbocycles. The predicted molar refractivity (Wildman–Crippen MR) is 139 cm³/mol. The van der Waals surface area contributed by atoms with Gasteiger partial charge in [-0.15, -0.1) is 22.7 Å². The standard InChI is InChI=1S/C25H24N4O6S2/c1-13-9-19(23(32)26-11-14-5-3-6-16-15(14)10-20(30)28-16)37-21(13)24(33)29-17(25(34)35-2)12-27-22(31)18-7-4-8-36-18/h3-9,17H,10-12H2,1-2H3,(H,26,32)(H,27,31)(H,28,30)(H,29,33)/t17-/m0/s1. The summed E-state index contributed by atoms with van der Waals surface area (Å²) >= 11 is 2.25. The summed E-state index contributed by atoms with van der Waals surface area (Å²) in [5, 5.41) is 12.6. The Bertz CT molecular complexity index is 1370. The molecule has 1 aromatic carbocycles. The molecule has 0 spiro atoms. The third-order valence-corrected chi connectivity index (χ3v) is 7.78. The highest BCUT2D eigenvalue weighted by Crippen LogP contribution is 2.27. The van der Waals surface area contributed by atoms with Gasteiger partial charge in [-0.25, -0.2) is 4.79 Å². The molecule has 1 atom stereocenters. The van der Waals surface area contributed by atoms with Gasteiger partial charge < -0.3 is 26.0 Å². The number of ether oxygens (including phenoxy) is 1. The summed E-state index contributed by atoms with van der Waals surface area (Å²) in [5.41, 5.74) is 3.00. The first-order chi connectivity index (χ1) is 17.8. The van der Waals surface area contributed by atoms with Gasteiger partial charge in [-0.1, -0.05) is 18.2 Å². The minimum atomic E-state index is -1.11. The number of methoxy groups -OCH3 is 1. The van der Waals surface area contributed by atoms with Crippen molar-refractivity contribution in [1.29, 1.82) is 0 Å². The van der Waals surface area contributed by atoms with Crippen molar-refractivity contribution in [2.24, 2.45) is 0 Å². The van der Waals surface area contributed by atoms with Gasteiger partial charge in [0.25, 0.3) is 17.7 Å². The molecular formula is C25H24N4O6S2. The SMILES string of the molecule is COC(=O)[C@H](CNC(=O)c1cccs1)NC(=O)c1sc(C(=O)NCc2cccc3c2CC(=O)N3)cc1C. The van der Waals surface area contributed by atoms with Crippen LogP contribution in [0.3, 0.4) is 0 Å². The molecule has 192 valence electrons. The number of anilines is 1. The maximum absolute atomic E-state index is 13.0. The molecule has 0 saturated heterocycles. The van der Waals surface area contributed by atoms with Crippen molar-refractivity contribution in [3.63, 3.8) is 0 Å². The van der Waals surface area contributed by atoms with Crippen LogP contribution in [0.2, 0.25) is 0 Å². The highest BCUT2D eigenvalue weighted by molar-refractivity contribution is 7.16. The molecule has 12 heteroatoms. The lowest BCUT2D eigenvalue weighted by Gasteiger charge is -2.16. The molecule has 2 aromatic heterocycles. The van der Waals surface area contributed by atoms with Crippen molar-refractivity contribution in [2.75, 3.05) is 19.0 Å². The molecule has 4 N–H and O–H groups in total. The smallest absolute Gasteiger partial charge is 0.330 e. The number of rotatable bonds is 9. The quantitative estimate of drug-likeness (QED) is 0.307. The maximum atomic E-state index is 13.0. The fourth-order valence-corrected chi connectivity index (χ4v) is 5.44. The van der Waals surface area contributed by atoms with Gasteiger partial charge in [-0.3, -0.25) is 19.2 Å². The van der Waals surface area contributed by atoms with Gasteiger partial charge in [0.2, 0.25) is 5.91 Å². The number of amides is 4. The lowest BCUT2D eigenvalue weighted by atomic mass is 10.0. The van der Waals surface area contributed by atoms with Crippen LogP contribution >= 0.6 is 22.7 Å². The van der Waals surface area contributed by atoms with Gasteiger partial charge in [0, 0.05) is 18.8 Å². The van der Waals surface area contributed by atoms with Crippen LogP contribution in [-0.2, 0) is 27.3 Å². The van der Waals surface area contributed by atoms with Crippen LogP contribution in [0.4, 0.5) is 5.69 Å². The summed E-state index contributed by atoms with van der Waals surface area (Å²) in [6.45, 7) is 1.75. The van der Waals surface area contributed by atoms with E-state index in [1.807, 2.05) is 18.2 Å². The van der Waals surface area contributed by atoms with E-state index in [2.05, 4.69) is 21.3 Å². The van der Waals surface area contributed by atoms with Crippen molar-refractivity contribution in [3.8, 4) is 0 Å². The normalized spacial score (nSPS) is 12.8. The number of thiophene rings is 2. The average Bonchev–Trinajstić information content (AvgIpc) is 3.63. The number of aryl methyl sites for hydroxylation is 1. The lowest BCUT2D eigenvalue weighted by molar-refractivity contribution is -0.142. The van der Waals surface area contributed by atoms with Crippen molar-refractivity contribution in [3.05, 3.63) is 73.1 Å². The summed E-state index contributed by atoms with van der Waals surface area (Å²) in [5.74, 6) is -2.10. The largest absolute Gasteiger partial charge is 0.467 e. The van der Waals surface area contributed by atoms with Gasteiger partial charge in [0.15, 0.2) is 0 Å². The summed E-state index contributed by atoms with van der Waals surface area (Å²) < 4.78 is 4.77. The first-order valence-electron chi connectivity index (χ1n) is 11.3. The third kappa shape index (κ3) is 6.04. The molecule has 1 aliphatic heterocycles. The second-order valence-electron chi connectivity index (χ2n) is 8.21. The van der Waals surface area contributed by atoms with Crippen LogP contribution in [0.1, 0.15) is 45.7 Å². The third-order valence-electron chi connectivity index (χ3n) is 5.67. The minimum absolute atomic E-state index is 0.0883. The number of nitrogens with one attached hydrogen (secondary N) is 4. The van der Waals surface area contributed by atoms with Crippen LogP contribution in [0.25, 0.3) is 0 Å². The van der Waals surface area contributed by atoms with Crippen LogP contribution in [0.15, 0.2) is 41.8 Å². The molecule has 3 aromatic rings. The van der Waals surface area contributed by atoms with Crippen LogP contribution in [-0.4, -0.2) is 49.3 Å². The predicted octanol–water partition coefficient (Wildman–Crippen LogP) is 2.24. The van der Waals surface area contributed by atoms with E-state index in [4.69, 9.17) is 4.74 Å². The zero-order valence-electron chi connectivity index (χ0n) is 20.0. The average molecular weight is 541 g/mol. The molecular weight excluding hydrogens is 516 g/mol. The van der Waals surface area contributed by atoms with Crippen LogP contribution in [0.5, 0.6) is 0 Å². The monoisotopic (exact) mass is 540 g/mol. The molecule has 0 radical (unpaired) electrons. The second-order valence-corrected chi connectivity index (χ2v) is 10.2. The highest BCUT2D eigenvalue weighted by Gasteiger charge is 2.26. The fourth-order valence-electron chi connectivity index (χ4n) is 3.81. The Labute approximate surface area is 220 Å². The summed E-state index contributed by atoms with van der Waals surface area (Å²) in [6.07, 6.45) is 0.263. The fraction of sp³-hybridized carbons (Fsp3) is 0.240. The highest BCUT2D eigenvalue weighted by atomic mass is 32.1. The molecule has 0 fully saturated rings. The van der Waals surface area contributed by atoms with E-state index in [1.54, 1.807) is 30.5 Å². The zero-order chi connectivity index (χ0) is 26.5. The first kappa shape index (κ1) is 26.0. The van der Waals surface area contributed by atoms with Crippen molar-refractivity contribution in [1.82, 2.24) is 16.0 Å². The first-order valence-corrected chi connectivity index (χ1v) is 13.0. The Hall–Kier alpha value is -4.03. The number of carbonyl (C=O) groups excluding carboxylic acids is 5. The Morgan fingerprint density at radius 3 is 2.57 bits per heavy atom. The molecule has 37 heavy (non-hydrogen) atoms. The van der Waals surface area contributed by atoms with E-state index in [9.17, 15) is 24.0 Å². The number of fused-ring (bicyclic) bond motifs is 1. The Balaban J connectivity index is 1.39. The lowest BCUT2D eigenvalue weighted by Crippen LogP contribution is -2.48. The summed E-state index contributed by atoms with van der Waals surface area (Å²) in [4.78, 5) is 63.0. The number of benzene rings is 1. The summed E-state index contributed by atoms with van der Waals surface area (Å²) in [6, 6.07) is 9.34. The number of carbonyl (C=O) groups is 5. The molecule has 4 amide bonds. The summed E-state index contributed by atoms with van der Waals surface area (Å²) in [7, 11) is 1.19. The van der Waals surface area contributed by atoms with E-state index < -0.39 is 17.9 Å². The van der Waals surface area contributed by atoms with Crippen LogP contribution in [0, 0.1) is 6.92 Å².